The van der Waals surface area contributed by atoms with Gasteiger partial charge in [-0.3, -0.25) is 9.59 Å². The molecule has 1 aromatic carbocycles. The molecule has 1 aliphatic heterocycles. The van der Waals surface area contributed by atoms with Crippen molar-refractivity contribution >= 4 is 28.4 Å². The van der Waals surface area contributed by atoms with Gasteiger partial charge in [0.05, 0.1) is 11.4 Å². The van der Waals surface area contributed by atoms with Crippen molar-refractivity contribution < 1.29 is 4.79 Å². The SMILES string of the molecule is CC(C)(C)c1ccc(Cn2nnc3c(=O)[nH]c([C@H]4CCCN(C(=O)c5cccs5)C4)nc32)cc1. The number of hydrogen-bond acceptors (Lipinski definition) is 6. The Morgan fingerprint density at radius 3 is 2.71 bits per heavy atom. The van der Waals surface area contributed by atoms with Crippen LogP contribution < -0.4 is 5.56 Å². The van der Waals surface area contributed by atoms with Gasteiger partial charge in [0.15, 0.2) is 11.2 Å². The van der Waals surface area contributed by atoms with E-state index >= 15 is 0 Å². The van der Waals surface area contributed by atoms with Crippen molar-refractivity contribution in [2.75, 3.05) is 13.1 Å². The number of rotatable bonds is 4. The maximum Gasteiger partial charge on any atom is 0.281 e. The van der Waals surface area contributed by atoms with Crippen molar-refractivity contribution in [1.82, 2.24) is 29.9 Å². The van der Waals surface area contributed by atoms with Crippen molar-refractivity contribution in [2.24, 2.45) is 0 Å². The van der Waals surface area contributed by atoms with Crippen LogP contribution in [0.25, 0.3) is 11.2 Å². The first-order chi connectivity index (χ1) is 16.3. The second-order valence-corrected chi connectivity index (χ2v) is 10.8. The van der Waals surface area contributed by atoms with Gasteiger partial charge in [-0.1, -0.05) is 56.3 Å². The molecule has 4 heterocycles. The van der Waals surface area contributed by atoms with Gasteiger partial charge in [0.2, 0.25) is 0 Å². The summed E-state index contributed by atoms with van der Waals surface area (Å²) < 4.78 is 1.68. The molecule has 0 radical (unpaired) electrons. The summed E-state index contributed by atoms with van der Waals surface area (Å²) in [6, 6.07) is 12.1. The average Bonchev–Trinajstić information content (AvgIpc) is 3.49. The molecule has 176 valence electrons. The predicted octanol–water partition coefficient (Wildman–Crippen LogP) is 3.94. The van der Waals surface area contributed by atoms with Crippen LogP contribution in [0.15, 0.2) is 46.6 Å². The van der Waals surface area contributed by atoms with Crippen LogP contribution >= 0.6 is 11.3 Å². The van der Waals surface area contributed by atoms with E-state index in [9.17, 15) is 9.59 Å². The Morgan fingerprint density at radius 1 is 1.21 bits per heavy atom. The van der Waals surface area contributed by atoms with Crippen molar-refractivity contribution in [3.8, 4) is 0 Å². The molecule has 1 fully saturated rings. The molecule has 0 aliphatic carbocycles. The molecule has 0 bridgehead atoms. The van der Waals surface area contributed by atoms with Crippen LogP contribution in [-0.2, 0) is 12.0 Å². The lowest BCUT2D eigenvalue weighted by atomic mass is 9.87. The third kappa shape index (κ3) is 4.40. The second-order valence-electron chi connectivity index (χ2n) is 9.89. The molecule has 1 N–H and O–H groups in total. The number of thiophene rings is 1. The number of aromatic amines is 1. The smallest absolute Gasteiger partial charge is 0.281 e. The molecule has 0 unspecified atom stereocenters. The van der Waals surface area contributed by atoms with E-state index in [1.807, 2.05) is 22.4 Å². The minimum absolute atomic E-state index is 0.0357. The zero-order valence-corrected chi connectivity index (χ0v) is 20.4. The number of amides is 1. The summed E-state index contributed by atoms with van der Waals surface area (Å²) in [5, 5.41) is 10.2. The fourth-order valence-electron chi connectivity index (χ4n) is 4.41. The molecule has 5 rings (SSSR count). The monoisotopic (exact) mass is 476 g/mol. The lowest BCUT2D eigenvalue weighted by Gasteiger charge is -2.31. The number of carbonyl (C=O) groups excluding carboxylic acids is 1. The van der Waals surface area contributed by atoms with Crippen LogP contribution in [0.1, 0.15) is 66.2 Å². The molecule has 1 saturated heterocycles. The average molecular weight is 477 g/mol. The van der Waals surface area contributed by atoms with E-state index in [0.717, 1.165) is 23.3 Å². The fourth-order valence-corrected chi connectivity index (χ4v) is 5.10. The second kappa shape index (κ2) is 8.79. The van der Waals surface area contributed by atoms with Crippen LogP contribution in [0.3, 0.4) is 0 Å². The number of nitrogens with one attached hydrogen (secondary N) is 1. The summed E-state index contributed by atoms with van der Waals surface area (Å²) in [6.45, 7) is 8.27. The van der Waals surface area contributed by atoms with E-state index in [1.165, 1.54) is 16.9 Å². The highest BCUT2D eigenvalue weighted by molar-refractivity contribution is 7.12. The van der Waals surface area contributed by atoms with Crippen LogP contribution in [0, 0.1) is 0 Å². The standard InChI is InChI=1S/C25H28N6O2S/c1-25(2,3)18-10-8-16(9-11-18)14-31-22-20(28-29-31)23(32)27-21(26-22)17-6-4-12-30(15-17)24(33)19-7-5-13-34-19/h5,7-11,13,17H,4,6,12,14-15H2,1-3H3,(H,26,27,32)/t17-/m0/s1. The highest BCUT2D eigenvalue weighted by atomic mass is 32.1. The lowest BCUT2D eigenvalue weighted by molar-refractivity contribution is 0.0709. The van der Waals surface area contributed by atoms with Crippen LogP contribution in [0.5, 0.6) is 0 Å². The molecule has 4 aromatic rings. The minimum Gasteiger partial charge on any atom is -0.337 e. The number of hydrogen-bond donors (Lipinski definition) is 1. The summed E-state index contributed by atoms with van der Waals surface area (Å²) in [4.78, 5) is 35.9. The normalized spacial score (nSPS) is 16.8. The summed E-state index contributed by atoms with van der Waals surface area (Å²) in [5.41, 5.74) is 2.82. The minimum atomic E-state index is -0.295. The summed E-state index contributed by atoms with van der Waals surface area (Å²) in [6.07, 6.45) is 1.72. The lowest BCUT2D eigenvalue weighted by Crippen LogP contribution is -2.39. The largest absolute Gasteiger partial charge is 0.337 e. The molecule has 8 nitrogen and oxygen atoms in total. The van der Waals surface area contributed by atoms with Crippen molar-refractivity contribution in [3.05, 3.63) is 74.0 Å². The summed E-state index contributed by atoms with van der Waals surface area (Å²) in [7, 11) is 0. The van der Waals surface area contributed by atoms with Gasteiger partial charge in [-0.15, -0.1) is 16.4 Å². The Bertz CT molecular complexity index is 1370. The van der Waals surface area contributed by atoms with Gasteiger partial charge in [0.1, 0.15) is 5.82 Å². The molecule has 1 aliphatic rings. The van der Waals surface area contributed by atoms with Gasteiger partial charge in [-0.05, 0) is 40.8 Å². The maximum atomic E-state index is 12.8. The number of nitrogens with zero attached hydrogens (tertiary/aromatic N) is 5. The zero-order chi connectivity index (χ0) is 23.9. The topological polar surface area (TPSA) is 96.8 Å². The first-order valence-electron chi connectivity index (χ1n) is 11.6. The third-order valence-corrected chi connectivity index (χ3v) is 7.23. The van der Waals surface area contributed by atoms with Crippen LogP contribution in [0.4, 0.5) is 0 Å². The third-order valence-electron chi connectivity index (χ3n) is 6.37. The van der Waals surface area contributed by atoms with Gasteiger partial charge in [-0.2, -0.15) is 0 Å². The first-order valence-corrected chi connectivity index (χ1v) is 12.4. The Morgan fingerprint density at radius 2 is 2.00 bits per heavy atom. The number of fused-ring (bicyclic) bond motifs is 1. The molecule has 1 amide bonds. The predicted molar refractivity (Wildman–Crippen MR) is 132 cm³/mol. The zero-order valence-electron chi connectivity index (χ0n) is 19.6. The van der Waals surface area contributed by atoms with Gasteiger partial charge in [-0.25, -0.2) is 9.67 Å². The van der Waals surface area contributed by atoms with Gasteiger partial charge in [0, 0.05) is 19.0 Å². The number of benzene rings is 1. The van der Waals surface area contributed by atoms with Crippen LogP contribution in [0.2, 0.25) is 0 Å². The molecular formula is C25H28N6O2S. The van der Waals surface area contributed by atoms with Crippen molar-refractivity contribution in [1.29, 1.82) is 0 Å². The van der Waals surface area contributed by atoms with Crippen molar-refractivity contribution in [3.63, 3.8) is 0 Å². The number of likely N-dealkylation sites (tertiary alicyclic amines) is 1. The Hall–Kier alpha value is -3.33. The van der Waals surface area contributed by atoms with E-state index in [2.05, 4.69) is 60.3 Å². The number of carbonyl (C=O) groups is 1. The molecule has 1 atom stereocenters. The molecule has 0 spiro atoms. The Labute approximate surface area is 201 Å². The van der Waals surface area contributed by atoms with E-state index in [0.29, 0.717) is 31.1 Å². The quantitative estimate of drug-likeness (QED) is 0.481. The Kier molecular flexibility index (Phi) is 5.81. The summed E-state index contributed by atoms with van der Waals surface area (Å²) in [5.74, 6) is 0.588. The highest BCUT2D eigenvalue weighted by Crippen LogP contribution is 2.27. The van der Waals surface area contributed by atoms with E-state index in [4.69, 9.17) is 4.98 Å². The van der Waals surface area contributed by atoms with Gasteiger partial charge < -0.3 is 9.88 Å². The van der Waals surface area contributed by atoms with Gasteiger partial charge >= 0.3 is 0 Å². The van der Waals surface area contributed by atoms with Gasteiger partial charge in [0.25, 0.3) is 11.5 Å². The highest BCUT2D eigenvalue weighted by Gasteiger charge is 2.28. The number of H-pyrrole nitrogens is 1. The molecule has 9 heteroatoms. The maximum absolute atomic E-state index is 12.8. The van der Waals surface area contributed by atoms with Crippen molar-refractivity contribution in [2.45, 2.75) is 51.5 Å². The van der Waals surface area contributed by atoms with E-state index in [1.54, 1.807) is 4.68 Å². The van der Waals surface area contributed by atoms with E-state index in [-0.39, 0.29) is 28.3 Å². The van der Waals surface area contributed by atoms with E-state index < -0.39 is 0 Å². The molecule has 0 saturated carbocycles. The number of piperidine rings is 1. The summed E-state index contributed by atoms with van der Waals surface area (Å²) >= 11 is 1.45. The molecular weight excluding hydrogens is 448 g/mol. The first kappa shape index (κ1) is 22.5. The molecule has 34 heavy (non-hydrogen) atoms. The number of aromatic nitrogens is 5. The van der Waals surface area contributed by atoms with Crippen LogP contribution in [-0.4, -0.2) is 48.9 Å². The molecule has 3 aromatic heterocycles. The Balaban J connectivity index is 1.41. The fraction of sp³-hybridized carbons (Fsp3) is 0.400.